The summed E-state index contributed by atoms with van der Waals surface area (Å²) in [5.74, 6) is 0. The monoisotopic (exact) mass is 258 g/mol. The van der Waals surface area contributed by atoms with Crippen LogP contribution in [-0.2, 0) is 0 Å². The van der Waals surface area contributed by atoms with E-state index in [0.29, 0.717) is 4.99 Å². The topological polar surface area (TPSA) is 38.0 Å². The Kier molecular flexibility index (Phi) is 4.15. The molecule has 0 unspecified atom stereocenters. The van der Waals surface area contributed by atoms with Crippen molar-refractivity contribution in [2.45, 2.75) is 19.8 Å². The molecule has 94 valence electrons. The Hall–Kier alpha value is -1.61. The molecule has 2 nitrogen and oxygen atoms in total. The number of anilines is 1. The summed E-state index contributed by atoms with van der Waals surface area (Å²) in [5, 5.41) is 5.77. The van der Waals surface area contributed by atoms with Crippen molar-refractivity contribution in [1.82, 2.24) is 0 Å². The predicted octanol–water partition coefficient (Wildman–Crippen LogP) is 3.69. The lowest BCUT2D eigenvalue weighted by Crippen LogP contribution is -2.10. The van der Waals surface area contributed by atoms with Gasteiger partial charge in [-0.15, -0.1) is 0 Å². The molecule has 2 rings (SSSR count). The van der Waals surface area contributed by atoms with Crippen molar-refractivity contribution in [2.24, 2.45) is 5.73 Å². The van der Waals surface area contributed by atoms with Crippen molar-refractivity contribution in [3.05, 3.63) is 42.0 Å². The summed E-state index contributed by atoms with van der Waals surface area (Å²) in [6.07, 6.45) is 2.36. The minimum atomic E-state index is 0.450. The first-order chi connectivity index (χ1) is 8.74. The van der Waals surface area contributed by atoms with Crippen molar-refractivity contribution in [3.63, 3.8) is 0 Å². The van der Waals surface area contributed by atoms with Crippen LogP contribution in [0.3, 0.4) is 0 Å². The number of nitrogens with two attached hydrogens (primary N) is 1. The zero-order valence-electron chi connectivity index (χ0n) is 10.6. The Bertz CT molecular complexity index is 563. The largest absolute Gasteiger partial charge is 0.389 e. The molecule has 0 saturated carbocycles. The first kappa shape index (κ1) is 12.8. The molecule has 0 fully saturated rings. The summed E-state index contributed by atoms with van der Waals surface area (Å²) in [6.45, 7) is 3.18. The first-order valence-electron chi connectivity index (χ1n) is 6.29. The van der Waals surface area contributed by atoms with Gasteiger partial charge in [0.05, 0.1) is 0 Å². The van der Waals surface area contributed by atoms with Crippen molar-refractivity contribution in [1.29, 1.82) is 0 Å². The fourth-order valence-corrected chi connectivity index (χ4v) is 2.25. The lowest BCUT2D eigenvalue weighted by molar-refractivity contribution is 0.835. The summed E-state index contributed by atoms with van der Waals surface area (Å²) < 4.78 is 0. The predicted molar refractivity (Wildman–Crippen MR) is 83.2 cm³/mol. The van der Waals surface area contributed by atoms with Gasteiger partial charge in [-0.2, -0.15) is 0 Å². The average molecular weight is 258 g/mol. The second kappa shape index (κ2) is 5.83. The Balaban J connectivity index is 2.44. The highest BCUT2D eigenvalue weighted by Gasteiger charge is 2.06. The summed E-state index contributed by atoms with van der Waals surface area (Å²) >= 11 is 5.10. The SMILES string of the molecule is CCCCNc1ccc(C(N)=S)c2ccccc12. The zero-order chi connectivity index (χ0) is 13.0. The summed E-state index contributed by atoms with van der Waals surface area (Å²) in [4.78, 5) is 0.450. The summed E-state index contributed by atoms with van der Waals surface area (Å²) in [5.41, 5.74) is 7.86. The van der Waals surface area contributed by atoms with E-state index in [1.165, 1.54) is 18.2 Å². The molecule has 0 heterocycles. The van der Waals surface area contributed by atoms with E-state index in [0.717, 1.165) is 23.2 Å². The molecule has 2 aromatic rings. The van der Waals surface area contributed by atoms with Crippen LogP contribution >= 0.6 is 12.2 Å². The van der Waals surface area contributed by atoms with Gasteiger partial charge in [-0.1, -0.05) is 49.8 Å². The minimum absolute atomic E-state index is 0.450. The van der Waals surface area contributed by atoms with E-state index in [2.05, 4.69) is 30.4 Å². The molecule has 3 heteroatoms. The number of hydrogen-bond donors (Lipinski definition) is 2. The van der Waals surface area contributed by atoms with Crippen LogP contribution in [0.5, 0.6) is 0 Å². The smallest absolute Gasteiger partial charge is 0.104 e. The van der Waals surface area contributed by atoms with Crippen LogP contribution in [0.25, 0.3) is 10.8 Å². The molecule has 0 aliphatic rings. The Morgan fingerprint density at radius 3 is 2.56 bits per heavy atom. The molecule has 0 atom stereocenters. The Morgan fingerprint density at radius 2 is 1.89 bits per heavy atom. The summed E-state index contributed by atoms with van der Waals surface area (Å²) in [7, 11) is 0. The molecule has 0 spiro atoms. The van der Waals surface area contributed by atoms with Gasteiger partial charge in [0.25, 0.3) is 0 Å². The van der Waals surface area contributed by atoms with Gasteiger partial charge >= 0.3 is 0 Å². The van der Waals surface area contributed by atoms with Gasteiger partial charge < -0.3 is 11.1 Å². The molecular weight excluding hydrogens is 240 g/mol. The standard InChI is InChI=1S/C15H18N2S/c1-2-3-10-17-14-9-8-13(15(16)18)11-6-4-5-7-12(11)14/h4-9,17H,2-3,10H2,1H3,(H2,16,18). The van der Waals surface area contributed by atoms with Crippen molar-refractivity contribution in [2.75, 3.05) is 11.9 Å². The van der Waals surface area contributed by atoms with Gasteiger partial charge in [0.2, 0.25) is 0 Å². The van der Waals surface area contributed by atoms with Gasteiger partial charge in [0.1, 0.15) is 4.99 Å². The molecule has 0 aliphatic carbocycles. The third-order valence-corrected chi connectivity index (χ3v) is 3.26. The zero-order valence-corrected chi connectivity index (χ0v) is 11.4. The van der Waals surface area contributed by atoms with E-state index in [1.54, 1.807) is 0 Å². The average Bonchev–Trinajstić information content (AvgIpc) is 2.38. The fourth-order valence-electron chi connectivity index (χ4n) is 2.07. The highest BCUT2D eigenvalue weighted by atomic mass is 32.1. The number of unbranched alkanes of at least 4 members (excludes halogenated alkanes) is 1. The number of thiocarbonyl (C=S) groups is 1. The minimum Gasteiger partial charge on any atom is -0.389 e. The van der Waals surface area contributed by atoms with E-state index in [9.17, 15) is 0 Å². The van der Waals surface area contributed by atoms with Gasteiger partial charge in [-0.3, -0.25) is 0 Å². The molecule has 0 aliphatic heterocycles. The first-order valence-corrected chi connectivity index (χ1v) is 6.70. The van der Waals surface area contributed by atoms with Crippen molar-refractivity contribution >= 4 is 33.7 Å². The number of rotatable bonds is 5. The van der Waals surface area contributed by atoms with E-state index < -0.39 is 0 Å². The molecule has 0 bridgehead atoms. The highest BCUT2D eigenvalue weighted by Crippen LogP contribution is 2.26. The second-order valence-electron chi connectivity index (χ2n) is 4.35. The third-order valence-electron chi connectivity index (χ3n) is 3.04. The molecule has 18 heavy (non-hydrogen) atoms. The molecular formula is C15H18N2S. The molecule has 3 N–H and O–H groups in total. The van der Waals surface area contributed by atoms with Crippen LogP contribution in [0.2, 0.25) is 0 Å². The summed E-state index contributed by atoms with van der Waals surface area (Å²) in [6, 6.07) is 12.3. The maximum Gasteiger partial charge on any atom is 0.104 e. The van der Waals surface area contributed by atoms with Crippen molar-refractivity contribution < 1.29 is 0 Å². The Morgan fingerprint density at radius 1 is 1.17 bits per heavy atom. The third kappa shape index (κ3) is 2.62. The van der Waals surface area contributed by atoms with E-state index in [1.807, 2.05) is 18.2 Å². The van der Waals surface area contributed by atoms with Crippen LogP contribution in [0, 0.1) is 0 Å². The number of hydrogen-bond acceptors (Lipinski definition) is 2. The molecule has 0 radical (unpaired) electrons. The molecule has 2 aromatic carbocycles. The Labute approximate surface area is 113 Å². The number of benzene rings is 2. The van der Waals surface area contributed by atoms with E-state index >= 15 is 0 Å². The normalized spacial score (nSPS) is 10.5. The van der Waals surface area contributed by atoms with E-state index in [4.69, 9.17) is 18.0 Å². The lowest BCUT2D eigenvalue weighted by atomic mass is 10.0. The van der Waals surface area contributed by atoms with Gasteiger partial charge in [0.15, 0.2) is 0 Å². The maximum atomic E-state index is 5.76. The van der Waals surface area contributed by atoms with Crippen molar-refractivity contribution in [3.8, 4) is 0 Å². The van der Waals surface area contributed by atoms with Crippen LogP contribution < -0.4 is 11.1 Å². The van der Waals surface area contributed by atoms with Gasteiger partial charge in [0, 0.05) is 23.2 Å². The molecule has 0 amide bonds. The van der Waals surface area contributed by atoms with E-state index in [-0.39, 0.29) is 0 Å². The maximum absolute atomic E-state index is 5.76. The molecule has 0 aromatic heterocycles. The quantitative estimate of drug-likeness (QED) is 0.634. The lowest BCUT2D eigenvalue weighted by Gasteiger charge is -2.12. The second-order valence-corrected chi connectivity index (χ2v) is 4.79. The van der Waals surface area contributed by atoms with Crippen LogP contribution in [0.15, 0.2) is 36.4 Å². The number of fused-ring (bicyclic) bond motifs is 1. The fraction of sp³-hybridized carbons (Fsp3) is 0.267. The highest BCUT2D eigenvalue weighted by molar-refractivity contribution is 7.80. The van der Waals surface area contributed by atoms with Crippen LogP contribution in [0.1, 0.15) is 25.3 Å². The van der Waals surface area contributed by atoms with Crippen LogP contribution in [0.4, 0.5) is 5.69 Å². The van der Waals surface area contributed by atoms with Gasteiger partial charge in [-0.25, -0.2) is 0 Å². The van der Waals surface area contributed by atoms with Crippen LogP contribution in [-0.4, -0.2) is 11.5 Å². The number of nitrogens with one attached hydrogen (secondary N) is 1. The van der Waals surface area contributed by atoms with Gasteiger partial charge in [-0.05, 0) is 23.9 Å². The molecule has 0 saturated heterocycles.